The molecule has 0 spiro atoms. The van der Waals surface area contributed by atoms with Crippen molar-refractivity contribution < 1.29 is 0 Å². The first-order valence-electron chi connectivity index (χ1n) is 5.83. The van der Waals surface area contributed by atoms with Crippen molar-refractivity contribution in [2.75, 3.05) is 0 Å². The minimum Gasteiger partial charge on any atom is -0.0656 e. The summed E-state index contributed by atoms with van der Waals surface area (Å²) in [5, 5.41) is 0. The summed E-state index contributed by atoms with van der Waals surface area (Å²) in [6.07, 6.45) is 8.92. The lowest BCUT2D eigenvalue weighted by Crippen LogP contribution is -2.31. The van der Waals surface area contributed by atoms with Crippen LogP contribution in [-0.4, -0.2) is 0 Å². The van der Waals surface area contributed by atoms with Crippen LogP contribution in [0.1, 0.15) is 59.3 Å². The van der Waals surface area contributed by atoms with Gasteiger partial charge in [0.15, 0.2) is 0 Å². The normalized spacial score (nSPS) is 37.8. The van der Waals surface area contributed by atoms with Gasteiger partial charge < -0.3 is 0 Å². The summed E-state index contributed by atoms with van der Waals surface area (Å²) >= 11 is 0. The quantitative estimate of drug-likeness (QED) is 0.549. The van der Waals surface area contributed by atoms with Gasteiger partial charge in [-0.05, 0) is 30.6 Å². The molecule has 2 rings (SSSR count). The highest BCUT2D eigenvalue weighted by Crippen LogP contribution is 2.52. The summed E-state index contributed by atoms with van der Waals surface area (Å²) in [6, 6.07) is 0. The molecule has 0 aromatic carbocycles. The van der Waals surface area contributed by atoms with Crippen molar-refractivity contribution in [2.45, 2.75) is 59.3 Å². The van der Waals surface area contributed by atoms with E-state index in [1.165, 1.54) is 31.1 Å². The standard InChI is InChI=1S/C9H16.C3H8/c1-2-7-6-8-4-3-5-9(7)8;1-3-2/h7-9H,2-6H2,1H3;3H2,1-2H3. The summed E-state index contributed by atoms with van der Waals surface area (Å²) in [7, 11) is 0. The number of hydrogen-bond donors (Lipinski definition) is 0. The van der Waals surface area contributed by atoms with Crippen molar-refractivity contribution in [3.63, 3.8) is 0 Å². The third kappa shape index (κ3) is 2.02. The molecule has 0 radical (unpaired) electrons. The summed E-state index contributed by atoms with van der Waals surface area (Å²) < 4.78 is 0. The van der Waals surface area contributed by atoms with Crippen LogP contribution < -0.4 is 0 Å². The van der Waals surface area contributed by atoms with Gasteiger partial charge in [0.1, 0.15) is 0 Å². The first kappa shape index (κ1) is 10.1. The van der Waals surface area contributed by atoms with Crippen LogP contribution in [0, 0.1) is 17.8 Å². The highest BCUT2D eigenvalue weighted by atomic mass is 14.5. The lowest BCUT2D eigenvalue weighted by molar-refractivity contribution is 0.0997. The van der Waals surface area contributed by atoms with Crippen LogP contribution in [0.5, 0.6) is 0 Å². The second-order valence-corrected chi connectivity index (χ2v) is 4.47. The number of fused-ring (bicyclic) bond motifs is 1. The SMILES string of the molecule is CCC.CCC1CC2CCCC12. The zero-order valence-electron chi connectivity index (χ0n) is 8.97. The van der Waals surface area contributed by atoms with E-state index in [4.69, 9.17) is 0 Å². The maximum absolute atomic E-state index is 2.35. The van der Waals surface area contributed by atoms with Gasteiger partial charge in [0, 0.05) is 0 Å². The van der Waals surface area contributed by atoms with Gasteiger partial charge in [-0.15, -0.1) is 0 Å². The number of rotatable bonds is 1. The Morgan fingerprint density at radius 3 is 2.25 bits per heavy atom. The monoisotopic (exact) mass is 168 g/mol. The summed E-state index contributed by atoms with van der Waals surface area (Å²) in [4.78, 5) is 0. The van der Waals surface area contributed by atoms with E-state index >= 15 is 0 Å². The summed E-state index contributed by atoms with van der Waals surface area (Å²) in [6.45, 7) is 6.60. The molecule has 0 heteroatoms. The minimum atomic E-state index is 1.14. The average molecular weight is 168 g/mol. The van der Waals surface area contributed by atoms with Gasteiger partial charge in [-0.2, -0.15) is 0 Å². The largest absolute Gasteiger partial charge is 0.0656 e. The second-order valence-electron chi connectivity index (χ2n) is 4.47. The molecule has 2 saturated carbocycles. The van der Waals surface area contributed by atoms with Gasteiger partial charge in [0.05, 0.1) is 0 Å². The van der Waals surface area contributed by atoms with E-state index < -0.39 is 0 Å². The second kappa shape index (κ2) is 4.89. The fourth-order valence-corrected chi connectivity index (χ4v) is 2.82. The van der Waals surface area contributed by atoms with E-state index in [-0.39, 0.29) is 0 Å². The third-order valence-electron chi connectivity index (χ3n) is 3.45. The zero-order chi connectivity index (χ0) is 8.97. The molecule has 2 aliphatic carbocycles. The van der Waals surface area contributed by atoms with Crippen LogP contribution in [0.3, 0.4) is 0 Å². The van der Waals surface area contributed by atoms with Crippen molar-refractivity contribution in [1.29, 1.82) is 0 Å². The summed E-state index contributed by atoms with van der Waals surface area (Å²) in [5.41, 5.74) is 0. The molecule has 3 atom stereocenters. The van der Waals surface area contributed by atoms with Gasteiger partial charge >= 0.3 is 0 Å². The van der Waals surface area contributed by atoms with Crippen LogP contribution in [-0.2, 0) is 0 Å². The average Bonchev–Trinajstić information content (AvgIpc) is 2.35. The Kier molecular flexibility index (Phi) is 4.11. The molecule has 2 fully saturated rings. The number of hydrogen-bond acceptors (Lipinski definition) is 0. The maximum atomic E-state index is 2.35. The van der Waals surface area contributed by atoms with Crippen molar-refractivity contribution in [3.8, 4) is 0 Å². The van der Waals surface area contributed by atoms with Gasteiger partial charge in [-0.3, -0.25) is 0 Å². The Morgan fingerprint density at radius 1 is 1.08 bits per heavy atom. The molecule has 0 aliphatic heterocycles. The van der Waals surface area contributed by atoms with Crippen molar-refractivity contribution >= 4 is 0 Å². The molecule has 0 nitrogen and oxygen atoms in total. The molecular formula is C12H24. The fraction of sp³-hybridized carbons (Fsp3) is 1.00. The van der Waals surface area contributed by atoms with E-state index in [1.807, 2.05) is 0 Å². The van der Waals surface area contributed by atoms with Crippen LogP contribution in [0.15, 0.2) is 0 Å². The van der Waals surface area contributed by atoms with Gasteiger partial charge in [0.2, 0.25) is 0 Å². The third-order valence-corrected chi connectivity index (χ3v) is 3.45. The molecule has 72 valence electrons. The van der Waals surface area contributed by atoms with Crippen LogP contribution in [0.25, 0.3) is 0 Å². The van der Waals surface area contributed by atoms with Gasteiger partial charge in [0.25, 0.3) is 0 Å². The smallest absolute Gasteiger partial charge is 0.0357 e. The van der Waals surface area contributed by atoms with Gasteiger partial charge in [-0.1, -0.05) is 46.5 Å². The van der Waals surface area contributed by atoms with Crippen molar-refractivity contribution in [1.82, 2.24) is 0 Å². The molecule has 0 amide bonds. The molecule has 2 aliphatic rings. The lowest BCUT2D eigenvalue weighted by atomic mass is 9.66. The minimum absolute atomic E-state index is 1.14. The predicted molar refractivity (Wildman–Crippen MR) is 55.2 cm³/mol. The van der Waals surface area contributed by atoms with Crippen LogP contribution in [0.2, 0.25) is 0 Å². The molecule has 0 N–H and O–H groups in total. The Balaban J connectivity index is 0.000000213. The highest BCUT2D eigenvalue weighted by molar-refractivity contribution is 4.92. The Hall–Kier alpha value is 0. The zero-order valence-corrected chi connectivity index (χ0v) is 8.97. The molecule has 12 heavy (non-hydrogen) atoms. The molecule has 0 heterocycles. The molecule has 0 aromatic rings. The van der Waals surface area contributed by atoms with E-state index in [0.717, 1.165) is 5.92 Å². The van der Waals surface area contributed by atoms with Crippen LogP contribution >= 0.6 is 0 Å². The Labute approximate surface area is 77.7 Å². The highest BCUT2D eigenvalue weighted by Gasteiger charge is 2.41. The first-order chi connectivity index (χ1) is 5.83. The predicted octanol–water partition coefficient (Wildman–Crippen LogP) is 4.25. The topological polar surface area (TPSA) is 0 Å². The summed E-state index contributed by atoms with van der Waals surface area (Å²) in [5.74, 6) is 3.49. The molecular weight excluding hydrogens is 144 g/mol. The Morgan fingerprint density at radius 2 is 1.75 bits per heavy atom. The maximum Gasteiger partial charge on any atom is -0.0357 e. The van der Waals surface area contributed by atoms with Crippen LogP contribution in [0.4, 0.5) is 0 Å². The molecule has 0 bridgehead atoms. The fourth-order valence-electron chi connectivity index (χ4n) is 2.82. The Bertz CT molecular complexity index is 117. The van der Waals surface area contributed by atoms with E-state index in [9.17, 15) is 0 Å². The van der Waals surface area contributed by atoms with Gasteiger partial charge in [-0.25, -0.2) is 0 Å². The van der Waals surface area contributed by atoms with Crippen molar-refractivity contribution in [2.24, 2.45) is 17.8 Å². The van der Waals surface area contributed by atoms with E-state index in [0.29, 0.717) is 0 Å². The van der Waals surface area contributed by atoms with Crippen molar-refractivity contribution in [3.05, 3.63) is 0 Å². The molecule has 0 aromatic heterocycles. The van der Waals surface area contributed by atoms with E-state index in [1.54, 1.807) is 19.3 Å². The lowest BCUT2D eigenvalue weighted by Gasteiger charge is -2.40. The first-order valence-corrected chi connectivity index (χ1v) is 5.83. The molecule has 0 saturated heterocycles. The molecule has 3 unspecified atom stereocenters. The van der Waals surface area contributed by atoms with E-state index in [2.05, 4.69) is 20.8 Å².